The number of carboxylic acids is 1. The van der Waals surface area contributed by atoms with Crippen LogP contribution in [0.4, 0.5) is 0 Å². The maximum Gasteiger partial charge on any atom is 0.310 e. The van der Waals surface area contributed by atoms with Gasteiger partial charge in [-0.15, -0.1) is 11.8 Å². The molecular weight excluding hydrogens is 352 g/mol. The van der Waals surface area contributed by atoms with Crippen molar-refractivity contribution in [2.24, 2.45) is 5.41 Å². The van der Waals surface area contributed by atoms with Crippen molar-refractivity contribution in [2.45, 2.75) is 19.9 Å². The van der Waals surface area contributed by atoms with Crippen molar-refractivity contribution in [3.8, 4) is 0 Å². The Morgan fingerprint density at radius 2 is 1.96 bits per heavy atom. The number of amides is 2. The number of thioether (sulfide) groups is 1. The Bertz CT molecular complexity index is 648. The van der Waals surface area contributed by atoms with E-state index in [0.717, 1.165) is 0 Å². The van der Waals surface area contributed by atoms with E-state index in [1.54, 1.807) is 24.3 Å². The summed E-state index contributed by atoms with van der Waals surface area (Å²) in [6.45, 7) is 3.08. The molecule has 0 saturated carbocycles. The molecule has 1 aromatic carbocycles. The fourth-order valence-corrected chi connectivity index (χ4v) is 3.40. The fourth-order valence-electron chi connectivity index (χ4n) is 2.12. The van der Waals surface area contributed by atoms with Gasteiger partial charge in [0.25, 0.3) is 5.91 Å². The highest BCUT2D eigenvalue weighted by Gasteiger charge is 2.36. The van der Waals surface area contributed by atoms with Gasteiger partial charge in [0.2, 0.25) is 5.91 Å². The zero-order valence-corrected chi connectivity index (χ0v) is 15.0. The second-order valence-corrected chi connectivity index (χ2v) is 7.64. The van der Waals surface area contributed by atoms with E-state index in [9.17, 15) is 14.4 Å². The molecule has 0 aromatic heterocycles. The van der Waals surface area contributed by atoms with Crippen LogP contribution in [0.2, 0.25) is 5.02 Å². The maximum absolute atomic E-state index is 12.6. The summed E-state index contributed by atoms with van der Waals surface area (Å²) in [7, 11) is 0. The molecule has 1 aromatic rings. The predicted octanol–water partition coefficient (Wildman–Crippen LogP) is 2.08. The second-order valence-electron chi connectivity index (χ2n) is 6.20. The third-order valence-electron chi connectivity index (χ3n) is 3.82. The molecule has 1 heterocycles. The molecule has 2 amide bonds. The lowest BCUT2D eigenvalue weighted by atomic mass is 9.94. The fraction of sp³-hybridized carbons (Fsp3) is 0.438. The summed E-state index contributed by atoms with van der Waals surface area (Å²) in [5.74, 6) is -0.663. The first-order valence-corrected chi connectivity index (χ1v) is 8.91. The van der Waals surface area contributed by atoms with Crippen LogP contribution in [0.3, 0.4) is 0 Å². The first kappa shape index (κ1) is 18.6. The number of nitrogens with one attached hydrogen (secondary N) is 1. The average Bonchev–Trinajstić information content (AvgIpc) is 3.02. The molecule has 1 aliphatic rings. The van der Waals surface area contributed by atoms with Crippen LogP contribution in [0, 0.1) is 5.41 Å². The number of halogens is 1. The van der Waals surface area contributed by atoms with E-state index in [-0.39, 0.29) is 18.4 Å². The first-order valence-electron chi connectivity index (χ1n) is 7.38. The molecule has 24 heavy (non-hydrogen) atoms. The van der Waals surface area contributed by atoms with Crippen LogP contribution < -0.4 is 5.32 Å². The normalized spacial score (nSPS) is 17.6. The van der Waals surface area contributed by atoms with E-state index < -0.39 is 17.4 Å². The SMILES string of the molecule is CC(C)(CNC(=O)C1CSCN1C(=O)c1ccc(Cl)cc1)C(=O)O. The van der Waals surface area contributed by atoms with Gasteiger partial charge in [-0.05, 0) is 38.1 Å². The van der Waals surface area contributed by atoms with Crippen LogP contribution in [0.1, 0.15) is 24.2 Å². The molecule has 6 nitrogen and oxygen atoms in total. The minimum Gasteiger partial charge on any atom is -0.481 e. The van der Waals surface area contributed by atoms with E-state index in [0.29, 0.717) is 22.2 Å². The van der Waals surface area contributed by atoms with Gasteiger partial charge in [0.15, 0.2) is 0 Å². The van der Waals surface area contributed by atoms with Gasteiger partial charge in [-0.1, -0.05) is 11.6 Å². The largest absolute Gasteiger partial charge is 0.481 e. The van der Waals surface area contributed by atoms with Crippen molar-refractivity contribution >= 4 is 41.1 Å². The van der Waals surface area contributed by atoms with Crippen LogP contribution in [0.15, 0.2) is 24.3 Å². The van der Waals surface area contributed by atoms with Crippen LogP contribution in [-0.2, 0) is 9.59 Å². The highest BCUT2D eigenvalue weighted by molar-refractivity contribution is 7.99. The van der Waals surface area contributed by atoms with Crippen molar-refractivity contribution < 1.29 is 19.5 Å². The summed E-state index contributed by atoms with van der Waals surface area (Å²) >= 11 is 7.31. The van der Waals surface area contributed by atoms with Gasteiger partial charge in [-0.3, -0.25) is 14.4 Å². The van der Waals surface area contributed by atoms with Crippen LogP contribution >= 0.6 is 23.4 Å². The Morgan fingerprint density at radius 3 is 2.54 bits per heavy atom. The summed E-state index contributed by atoms with van der Waals surface area (Å²) in [6, 6.07) is 5.89. The third-order valence-corrected chi connectivity index (χ3v) is 5.08. The number of nitrogens with zero attached hydrogens (tertiary/aromatic N) is 1. The topological polar surface area (TPSA) is 86.7 Å². The molecule has 1 saturated heterocycles. The van der Waals surface area contributed by atoms with Crippen LogP contribution in [0.5, 0.6) is 0 Å². The Kier molecular flexibility index (Phi) is 5.77. The van der Waals surface area contributed by atoms with Gasteiger partial charge in [-0.2, -0.15) is 0 Å². The number of hydrogen-bond acceptors (Lipinski definition) is 4. The number of aliphatic carboxylic acids is 1. The lowest BCUT2D eigenvalue weighted by molar-refractivity contribution is -0.146. The molecule has 1 fully saturated rings. The van der Waals surface area contributed by atoms with E-state index >= 15 is 0 Å². The molecular formula is C16H19ClN2O4S. The van der Waals surface area contributed by atoms with E-state index in [1.165, 1.54) is 30.5 Å². The van der Waals surface area contributed by atoms with Crippen molar-refractivity contribution in [3.05, 3.63) is 34.9 Å². The summed E-state index contributed by atoms with van der Waals surface area (Å²) in [5.41, 5.74) is -0.600. The standard InChI is InChI=1S/C16H19ClN2O4S/c1-16(2,15(22)23)8-18-13(20)12-7-24-9-19(12)14(21)10-3-5-11(17)6-4-10/h3-6,12H,7-9H2,1-2H3,(H,18,20)(H,22,23). The van der Waals surface area contributed by atoms with Crippen molar-refractivity contribution in [1.82, 2.24) is 10.2 Å². The minimum absolute atomic E-state index is 0.00527. The Hall–Kier alpha value is -1.73. The van der Waals surface area contributed by atoms with Gasteiger partial charge in [-0.25, -0.2) is 0 Å². The molecule has 0 spiro atoms. The molecule has 130 valence electrons. The molecule has 1 unspecified atom stereocenters. The number of carbonyl (C=O) groups excluding carboxylic acids is 2. The van der Waals surface area contributed by atoms with E-state index in [2.05, 4.69) is 5.32 Å². The monoisotopic (exact) mass is 370 g/mol. The quantitative estimate of drug-likeness (QED) is 0.828. The van der Waals surface area contributed by atoms with Gasteiger partial charge >= 0.3 is 5.97 Å². The lowest BCUT2D eigenvalue weighted by Gasteiger charge is -2.25. The molecule has 2 N–H and O–H groups in total. The number of hydrogen-bond donors (Lipinski definition) is 2. The van der Waals surface area contributed by atoms with Crippen LogP contribution in [-0.4, -0.2) is 52.0 Å². The minimum atomic E-state index is -1.06. The lowest BCUT2D eigenvalue weighted by Crippen LogP contribution is -2.50. The summed E-state index contributed by atoms with van der Waals surface area (Å²) < 4.78 is 0. The number of rotatable bonds is 5. The average molecular weight is 371 g/mol. The maximum atomic E-state index is 12.6. The van der Waals surface area contributed by atoms with Gasteiger partial charge in [0.1, 0.15) is 6.04 Å². The zero-order chi connectivity index (χ0) is 17.9. The molecule has 0 radical (unpaired) electrons. The molecule has 0 aliphatic carbocycles. The Morgan fingerprint density at radius 1 is 1.33 bits per heavy atom. The van der Waals surface area contributed by atoms with Crippen molar-refractivity contribution in [3.63, 3.8) is 0 Å². The Labute approximate surface area is 149 Å². The first-order chi connectivity index (χ1) is 11.2. The molecule has 2 rings (SSSR count). The molecule has 0 bridgehead atoms. The number of carbonyl (C=O) groups is 3. The summed E-state index contributed by atoms with van der Waals surface area (Å²) in [4.78, 5) is 37.6. The Balaban J connectivity index is 2.04. The van der Waals surface area contributed by atoms with E-state index in [1.807, 2.05) is 0 Å². The van der Waals surface area contributed by atoms with E-state index in [4.69, 9.17) is 16.7 Å². The third kappa shape index (κ3) is 4.21. The summed E-state index contributed by atoms with van der Waals surface area (Å²) in [5, 5.41) is 12.3. The van der Waals surface area contributed by atoms with Crippen molar-refractivity contribution in [2.75, 3.05) is 18.2 Å². The van der Waals surface area contributed by atoms with Gasteiger partial charge in [0.05, 0.1) is 11.3 Å². The smallest absolute Gasteiger partial charge is 0.310 e. The molecule has 1 aliphatic heterocycles. The summed E-state index contributed by atoms with van der Waals surface area (Å²) in [6.07, 6.45) is 0. The van der Waals surface area contributed by atoms with Gasteiger partial charge in [0, 0.05) is 22.9 Å². The molecule has 8 heteroatoms. The molecule has 1 atom stereocenters. The second kappa shape index (κ2) is 7.44. The zero-order valence-electron chi connectivity index (χ0n) is 13.4. The predicted molar refractivity (Wildman–Crippen MR) is 93.2 cm³/mol. The number of benzene rings is 1. The van der Waals surface area contributed by atoms with Crippen LogP contribution in [0.25, 0.3) is 0 Å². The number of carboxylic acid groups (broad SMARTS) is 1. The highest BCUT2D eigenvalue weighted by atomic mass is 35.5. The van der Waals surface area contributed by atoms with Crippen molar-refractivity contribution in [1.29, 1.82) is 0 Å². The highest BCUT2D eigenvalue weighted by Crippen LogP contribution is 2.24. The van der Waals surface area contributed by atoms with Gasteiger partial charge < -0.3 is 15.3 Å².